The monoisotopic (exact) mass is 413 g/mol. The fourth-order valence-corrected chi connectivity index (χ4v) is 4.52. The molecule has 4 nitrogen and oxygen atoms in total. The molecule has 30 heavy (non-hydrogen) atoms. The van der Waals surface area contributed by atoms with Crippen LogP contribution < -0.4 is 0 Å². The van der Waals surface area contributed by atoms with Crippen LogP contribution in [0.3, 0.4) is 0 Å². The highest BCUT2D eigenvalue weighted by Crippen LogP contribution is 2.39. The van der Waals surface area contributed by atoms with Gasteiger partial charge < -0.3 is 4.90 Å². The fourth-order valence-electron chi connectivity index (χ4n) is 3.29. The molecule has 1 heterocycles. The van der Waals surface area contributed by atoms with Gasteiger partial charge in [-0.3, -0.25) is 9.36 Å². The first-order valence-electron chi connectivity index (χ1n) is 9.76. The molecule has 150 valence electrons. The lowest BCUT2D eigenvalue weighted by molar-refractivity contribution is -0.128. The van der Waals surface area contributed by atoms with E-state index in [0.29, 0.717) is 0 Å². The summed E-state index contributed by atoms with van der Waals surface area (Å²) in [6.45, 7) is 0. The molecule has 0 saturated heterocycles. The number of carbonyl (C=O) groups excluding carboxylic acids is 1. The minimum atomic E-state index is -0.380. The molecular formula is C25H23N3OS. The minimum Gasteiger partial charge on any atom is -0.348 e. The second kappa shape index (κ2) is 9.01. The van der Waals surface area contributed by atoms with Gasteiger partial charge in [0.05, 0.1) is 11.9 Å². The lowest BCUT2D eigenvalue weighted by Gasteiger charge is -2.21. The summed E-state index contributed by atoms with van der Waals surface area (Å²) in [5.41, 5.74) is 4.05. The number of hydrogen-bond donors (Lipinski definition) is 0. The third-order valence-corrected chi connectivity index (χ3v) is 6.01. The Hall–Kier alpha value is -3.31. The van der Waals surface area contributed by atoms with Gasteiger partial charge in [-0.25, -0.2) is 4.98 Å². The third-order valence-electron chi connectivity index (χ3n) is 4.80. The summed E-state index contributed by atoms with van der Waals surface area (Å²) in [5, 5.41) is 0.402. The molecule has 4 rings (SSSR count). The first-order valence-corrected chi connectivity index (χ1v) is 10.6. The molecule has 4 aromatic rings. The highest BCUT2D eigenvalue weighted by atomic mass is 32.2. The molecule has 3 aromatic carbocycles. The zero-order valence-electron chi connectivity index (χ0n) is 17.0. The van der Waals surface area contributed by atoms with Crippen LogP contribution in [0.5, 0.6) is 0 Å². The van der Waals surface area contributed by atoms with E-state index in [1.165, 1.54) is 11.8 Å². The summed E-state index contributed by atoms with van der Waals surface area (Å²) in [6.07, 6.45) is 1.88. The van der Waals surface area contributed by atoms with Crippen LogP contribution >= 0.6 is 11.8 Å². The van der Waals surface area contributed by atoms with Crippen molar-refractivity contribution in [3.8, 4) is 16.9 Å². The number of likely N-dealkylation sites (N-methyl/N-ethyl adjacent to an activating group) is 1. The van der Waals surface area contributed by atoms with E-state index in [1.807, 2.05) is 72.9 Å². The van der Waals surface area contributed by atoms with Gasteiger partial charge in [0.25, 0.3) is 0 Å². The van der Waals surface area contributed by atoms with E-state index in [9.17, 15) is 4.79 Å². The van der Waals surface area contributed by atoms with Crippen LogP contribution in [0.1, 0.15) is 10.8 Å². The molecule has 5 heteroatoms. The van der Waals surface area contributed by atoms with Crippen LogP contribution in [-0.2, 0) is 4.79 Å². The normalized spacial score (nSPS) is 11.8. The molecule has 0 aliphatic carbocycles. The molecule has 0 aliphatic heterocycles. The van der Waals surface area contributed by atoms with Gasteiger partial charge in [-0.2, -0.15) is 0 Å². The van der Waals surface area contributed by atoms with Gasteiger partial charge in [-0.05, 0) is 17.7 Å². The van der Waals surface area contributed by atoms with Crippen LogP contribution in [-0.4, -0.2) is 34.5 Å². The number of carbonyl (C=O) groups is 1. The van der Waals surface area contributed by atoms with Crippen LogP contribution in [0.25, 0.3) is 16.9 Å². The van der Waals surface area contributed by atoms with E-state index in [-0.39, 0.29) is 11.2 Å². The summed E-state index contributed by atoms with van der Waals surface area (Å²) in [7, 11) is 3.58. The van der Waals surface area contributed by atoms with Crippen LogP contribution in [0, 0.1) is 0 Å². The van der Waals surface area contributed by atoms with Gasteiger partial charge >= 0.3 is 0 Å². The summed E-state index contributed by atoms with van der Waals surface area (Å²) in [6, 6.07) is 30.2. The van der Waals surface area contributed by atoms with E-state index in [4.69, 9.17) is 4.98 Å². The molecular weight excluding hydrogens is 390 g/mol. The number of para-hydroxylation sites is 1. The number of benzene rings is 3. The van der Waals surface area contributed by atoms with Crippen molar-refractivity contribution in [2.45, 2.75) is 10.4 Å². The molecule has 0 spiro atoms. The molecule has 1 atom stereocenters. The average Bonchev–Trinajstić information content (AvgIpc) is 3.22. The molecule has 1 aromatic heterocycles. The summed E-state index contributed by atoms with van der Waals surface area (Å²) >= 11 is 1.48. The van der Waals surface area contributed by atoms with Gasteiger partial charge in [-0.15, -0.1) is 0 Å². The van der Waals surface area contributed by atoms with E-state index in [0.717, 1.165) is 27.7 Å². The van der Waals surface area contributed by atoms with Gasteiger partial charge in [0.1, 0.15) is 5.25 Å². The summed E-state index contributed by atoms with van der Waals surface area (Å²) in [4.78, 5) is 19.4. The quantitative estimate of drug-likeness (QED) is 0.394. The van der Waals surface area contributed by atoms with Crippen molar-refractivity contribution in [1.29, 1.82) is 0 Å². The van der Waals surface area contributed by atoms with E-state index >= 15 is 0 Å². The molecule has 0 N–H and O–H groups in total. The largest absolute Gasteiger partial charge is 0.348 e. The maximum Gasteiger partial charge on any atom is 0.240 e. The van der Waals surface area contributed by atoms with Crippen molar-refractivity contribution >= 4 is 17.7 Å². The second-order valence-corrected chi connectivity index (χ2v) is 8.18. The Morgan fingerprint density at radius 1 is 0.867 bits per heavy atom. The zero-order valence-corrected chi connectivity index (χ0v) is 17.8. The number of rotatable bonds is 6. The van der Waals surface area contributed by atoms with Crippen LogP contribution in [0.2, 0.25) is 0 Å². The van der Waals surface area contributed by atoms with Crippen molar-refractivity contribution in [2.24, 2.45) is 0 Å². The Morgan fingerprint density at radius 3 is 2.03 bits per heavy atom. The highest BCUT2D eigenvalue weighted by molar-refractivity contribution is 8.00. The minimum absolute atomic E-state index is 0.0371. The zero-order chi connectivity index (χ0) is 20.9. The van der Waals surface area contributed by atoms with Crippen LogP contribution in [0.4, 0.5) is 0 Å². The van der Waals surface area contributed by atoms with Gasteiger partial charge in [0, 0.05) is 25.3 Å². The predicted octanol–water partition coefficient (Wildman–Crippen LogP) is 5.46. The lowest BCUT2D eigenvalue weighted by atomic mass is 10.1. The molecule has 0 fully saturated rings. The third kappa shape index (κ3) is 4.16. The van der Waals surface area contributed by atoms with Gasteiger partial charge in [-0.1, -0.05) is 90.6 Å². The molecule has 1 amide bonds. The standard InChI is InChI=1S/C25H23N3OS/c1-27(2)24(29)23(20-14-8-4-9-15-20)30-25-26-18-22(19-12-6-3-7-13-19)28(25)21-16-10-5-11-17-21/h3-18,23H,1-2H3. The highest BCUT2D eigenvalue weighted by Gasteiger charge is 2.26. The predicted molar refractivity (Wildman–Crippen MR) is 123 cm³/mol. The number of aromatic nitrogens is 2. The Labute approximate surface area is 181 Å². The average molecular weight is 414 g/mol. The first-order chi connectivity index (χ1) is 14.6. The van der Waals surface area contributed by atoms with E-state index in [2.05, 4.69) is 28.8 Å². The number of thioether (sulfide) groups is 1. The summed E-state index contributed by atoms with van der Waals surface area (Å²) in [5.74, 6) is 0.0371. The maximum atomic E-state index is 13.0. The number of imidazole rings is 1. The number of amides is 1. The molecule has 0 saturated carbocycles. The van der Waals surface area contributed by atoms with Gasteiger partial charge in [0.2, 0.25) is 5.91 Å². The van der Waals surface area contributed by atoms with Gasteiger partial charge in [0.15, 0.2) is 5.16 Å². The van der Waals surface area contributed by atoms with Crippen LogP contribution in [0.15, 0.2) is 102 Å². The van der Waals surface area contributed by atoms with Crippen molar-refractivity contribution < 1.29 is 4.79 Å². The maximum absolute atomic E-state index is 13.0. The number of hydrogen-bond acceptors (Lipinski definition) is 3. The van der Waals surface area contributed by atoms with E-state index in [1.54, 1.807) is 19.0 Å². The molecule has 0 radical (unpaired) electrons. The Morgan fingerprint density at radius 2 is 1.43 bits per heavy atom. The SMILES string of the molecule is CN(C)C(=O)C(Sc1ncc(-c2ccccc2)n1-c1ccccc1)c1ccccc1. The first kappa shape index (κ1) is 20.0. The lowest BCUT2D eigenvalue weighted by Crippen LogP contribution is -2.27. The van der Waals surface area contributed by atoms with Crippen molar-refractivity contribution in [1.82, 2.24) is 14.5 Å². The topological polar surface area (TPSA) is 38.1 Å². The second-order valence-electron chi connectivity index (χ2n) is 7.10. The molecule has 1 unspecified atom stereocenters. The Kier molecular flexibility index (Phi) is 6.00. The fraction of sp³-hybridized carbons (Fsp3) is 0.120. The number of nitrogens with zero attached hydrogens (tertiary/aromatic N) is 3. The van der Waals surface area contributed by atoms with Crippen molar-refractivity contribution in [3.05, 3.63) is 103 Å². The Bertz CT molecular complexity index is 1110. The van der Waals surface area contributed by atoms with E-state index < -0.39 is 0 Å². The Balaban J connectivity index is 1.82. The molecule has 0 bridgehead atoms. The van der Waals surface area contributed by atoms with Crippen molar-refractivity contribution in [2.75, 3.05) is 14.1 Å². The molecule has 0 aliphatic rings. The summed E-state index contributed by atoms with van der Waals surface area (Å²) < 4.78 is 2.12. The van der Waals surface area contributed by atoms with Crippen molar-refractivity contribution in [3.63, 3.8) is 0 Å². The smallest absolute Gasteiger partial charge is 0.240 e.